The van der Waals surface area contributed by atoms with Gasteiger partial charge in [0.2, 0.25) is 5.91 Å². The van der Waals surface area contributed by atoms with Gasteiger partial charge in [-0.1, -0.05) is 31.2 Å². The first-order valence-corrected chi connectivity index (χ1v) is 8.26. The lowest BCUT2D eigenvalue weighted by Crippen LogP contribution is -2.49. The molecule has 0 bridgehead atoms. The van der Waals surface area contributed by atoms with E-state index in [0.717, 1.165) is 32.4 Å². The normalized spacial score (nSPS) is 29.6. The van der Waals surface area contributed by atoms with Crippen LogP contribution in [-0.2, 0) is 4.79 Å². The standard InChI is InChI=1S/C18H26N2O/c1-13-9-10-19-16(12-13)18(21)20-11-5-8-17(20)15-7-4-3-6-14(15)2/h3-4,6-7,13,16-17,19H,5,8-12H2,1-2H3. The second-order valence-electron chi connectivity index (χ2n) is 6.68. The molecule has 114 valence electrons. The minimum atomic E-state index is 0.0263. The van der Waals surface area contributed by atoms with Crippen LogP contribution in [-0.4, -0.2) is 29.9 Å². The molecule has 1 amide bonds. The quantitative estimate of drug-likeness (QED) is 0.906. The van der Waals surface area contributed by atoms with Crippen molar-refractivity contribution >= 4 is 5.91 Å². The van der Waals surface area contributed by atoms with E-state index >= 15 is 0 Å². The molecule has 2 heterocycles. The third kappa shape index (κ3) is 2.98. The summed E-state index contributed by atoms with van der Waals surface area (Å²) in [5.41, 5.74) is 2.62. The first-order valence-electron chi connectivity index (χ1n) is 8.26. The van der Waals surface area contributed by atoms with Gasteiger partial charge in [-0.15, -0.1) is 0 Å². The van der Waals surface area contributed by atoms with Crippen molar-refractivity contribution in [2.75, 3.05) is 13.1 Å². The van der Waals surface area contributed by atoms with E-state index in [4.69, 9.17) is 0 Å². The third-order valence-corrected chi connectivity index (χ3v) is 5.05. The van der Waals surface area contributed by atoms with Crippen molar-refractivity contribution in [1.82, 2.24) is 10.2 Å². The van der Waals surface area contributed by atoms with Crippen molar-refractivity contribution in [2.45, 2.75) is 51.6 Å². The van der Waals surface area contributed by atoms with Crippen LogP contribution in [0.4, 0.5) is 0 Å². The first-order chi connectivity index (χ1) is 10.2. The fourth-order valence-electron chi connectivity index (χ4n) is 3.81. The number of carbonyl (C=O) groups excluding carboxylic acids is 1. The van der Waals surface area contributed by atoms with E-state index in [9.17, 15) is 4.79 Å². The van der Waals surface area contributed by atoms with Gasteiger partial charge < -0.3 is 10.2 Å². The molecule has 3 nitrogen and oxygen atoms in total. The molecule has 0 saturated carbocycles. The molecule has 2 fully saturated rings. The molecule has 0 spiro atoms. The van der Waals surface area contributed by atoms with Crippen LogP contribution in [0.3, 0.4) is 0 Å². The number of hydrogen-bond acceptors (Lipinski definition) is 2. The van der Waals surface area contributed by atoms with E-state index in [1.807, 2.05) is 0 Å². The number of nitrogens with one attached hydrogen (secondary N) is 1. The Labute approximate surface area is 127 Å². The zero-order valence-corrected chi connectivity index (χ0v) is 13.1. The molecule has 0 aliphatic carbocycles. The average molecular weight is 286 g/mol. The summed E-state index contributed by atoms with van der Waals surface area (Å²) in [6.45, 7) is 6.28. The van der Waals surface area contributed by atoms with Crippen LogP contribution in [0.2, 0.25) is 0 Å². The fraction of sp³-hybridized carbons (Fsp3) is 0.611. The summed E-state index contributed by atoms with van der Waals surface area (Å²) in [4.78, 5) is 15.0. The van der Waals surface area contributed by atoms with Crippen LogP contribution in [0.15, 0.2) is 24.3 Å². The highest BCUT2D eigenvalue weighted by atomic mass is 16.2. The van der Waals surface area contributed by atoms with E-state index in [2.05, 4.69) is 48.3 Å². The zero-order valence-electron chi connectivity index (χ0n) is 13.1. The molecule has 3 atom stereocenters. The Bertz CT molecular complexity index is 514. The van der Waals surface area contributed by atoms with Crippen molar-refractivity contribution < 1.29 is 4.79 Å². The highest BCUT2D eigenvalue weighted by molar-refractivity contribution is 5.82. The third-order valence-electron chi connectivity index (χ3n) is 5.05. The molecule has 21 heavy (non-hydrogen) atoms. The van der Waals surface area contributed by atoms with E-state index in [0.29, 0.717) is 11.8 Å². The van der Waals surface area contributed by atoms with Gasteiger partial charge in [0.15, 0.2) is 0 Å². The predicted octanol–water partition coefficient (Wildman–Crippen LogP) is 3.05. The Hall–Kier alpha value is -1.35. The summed E-state index contributed by atoms with van der Waals surface area (Å²) in [5, 5.41) is 3.42. The van der Waals surface area contributed by atoms with Gasteiger partial charge >= 0.3 is 0 Å². The summed E-state index contributed by atoms with van der Waals surface area (Å²) < 4.78 is 0. The van der Waals surface area contributed by atoms with Gasteiger partial charge in [-0.05, 0) is 56.2 Å². The molecule has 2 aliphatic rings. The predicted molar refractivity (Wildman–Crippen MR) is 85.1 cm³/mol. The maximum absolute atomic E-state index is 12.9. The number of carbonyl (C=O) groups is 1. The molecular weight excluding hydrogens is 260 g/mol. The lowest BCUT2D eigenvalue weighted by atomic mass is 9.93. The van der Waals surface area contributed by atoms with Crippen LogP contribution < -0.4 is 5.32 Å². The van der Waals surface area contributed by atoms with Crippen molar-refractivity contribution in [3.05, 3.63) is 35.4 Å². The van der Waals surface area contributed by atoms with Crippen molar-refractivity contribution in [1.29, 1.82) is 0 Å². The minimum absolute atomic E-state index is 0.0263. The maximum atomic E-state index is 12.9. The number of likely N-dealkylation sites (tertiary alicyclic amines) is 1. The Morgan fingerprint density at radius 1 is 1.29 bits per heavy atom. The van der Waals surface area contributed by atoms with Crippen molar-refractivity contribution in [3.8, 4) is 0 Å². The number of amides is 1. The molecule has 1 aromatic carbocycles. The average Bonchev–Trinajstić information content (AvgIpc) is 2.96. The largest absolute Gasteiger partial charge is 0.334 e. The molecule has 0 radical (unpaired) electrons. The van der Waals surface area contributed by atoms with E-state index in [-0.39, 0.29) is 12.1 Å². The first kappa shape index (κ1) is 14.6. The summed E-state index contributed by atoms with van der Waals surface area (Å²) in [6, 6.07) is 8.80. The molecule has 2 saturated heterocycles. The highest BCUT2D eigenvalue weighted by Crippen LogP contribution is 2.34. The Balaban J connectivity index is 1.77. The molecule has 3 heteroatoms. The number of hydrogen-bond donors (Lipinski definition) is 1. The van der Waals surface area contributed by atoms with Crippen LogP contribution >= 0.6 is 0 Å². The van der Waals surface area contributed by atoms with E-state index < -0.39 is 0 Å². The lowest BCUT2D eigenvalue weighted by Gasteiger charge is -2.33. The SMILES string of the molecule is Cc1ccccc1C1CCCN1C(=O)C1CC(C)CCN1. The summed E-state index contributed by atoms with van der Waals surface area (Å²) in [5.74, 6) is 0.965. The number of nitrogens with zero attached hydrogens (tertiary/aromatic N) is 1. The lowest BCUT2D eigenvalue weighted by molar-refractivity contribution is -0.135. The minimum Gasteiger partial charge on any atom is -0.334 e. The highest BCUT2D eigenvalue weighted by Gasteiger charge is 2.35. The van der Waals surface area contributed by atoms with Crippen molar-refractivity contribution in [3.63, 3.8) is 0 Å². The Morgan fingerprint density at radius 2 is 2.10 bits per heavy atom. The fourth-order valence-corrected chi connectivity index (χ4v) is 3.81. The van der Waals surface area contributed by atoms with Crippen LogP contribution in [0.5, 0.6) is 0 Å². The second-order valence-corrected chi connectivity index (χ2v) is 6.68. The number of rotatable bonds is 2. The van der Waals surface area contributed by atoms with Crippen LogP contribution in [0.25, 0.3) is 0 Å². The zero-order chi connectivity index (χ0) is 14.8. The molecule has 2 aliphatic heterocycles. The van der Waals surface area contributed by atoms with E-state index in [1.165, 1.54) is 17.5 Å². The van der Waals surface area contributed by atoms with Gasteiger partial charge in [0, 0.05) is 6.54 Å². The van der Waals surface area contributed by atoms with Gasteiger partial charge in [-0.25, -0.2) is 0 Å². The molecule has 1 N–H and O–H groups in total. The second kappa shape index (κ2) is 6.18. The Morgan fingerprint density at radius 3 is 2.86 bits per heavy atom. The summed E-state index contributed by atoms with van der Waals surface area (Å²) in [7, 11) is 0. The van der Waals surface area contributed by atoms with E-state index in [1.54, 1.807) is 0 Å². The smallest absolute Gasteiger partial charge is 0.240 e. The van der Waals surface area contributed by atoms with Gasteiger partial charge in [0.1, 0.15) is 0 Å². The molecular formula is C18H26N2O. The molecule has 1 aromatic rings. The summed E-state index contributed by atoms with van der Waals surface area (Å²) >= 11 is 0. The molecule has 3 unspecified atom stereocenters. The monoisotopic (exact) mass is 286 g/mol. The maximum Gasteiger partial charge on any atom is 0.240 e. The van der Waals surface area contributed by atoms with Crippen LogP contribution in [0, 0.1) is 12.8 Å². The van der Waals surface area contributed by atoms with Gasteiger partial charge in [-0.2, -0.15) is 0 Å². The number of benzene rings is 1. The number of aryl methyl sites for hydroxylation is 1. The van der Waals surface area contributed by atoms with Crippen LogP contribution in [0.1, 0.15) is 49.8 Å². The summed E-state index contributed by atoms with van der Waals surface area (Å²) in [6.07, 6.45) is 4.38. The van der Waals surface area contributed by atoms with Gasteiger partial charge in [-0.3, -0.25) is 4.79 Å². The van der Waals surface area contributed by atoms with Crippen molar-refractivity contribution in [2.24, 2.45) is 5.92 Å². The van der Waals surface area contributed by atoms with Gasteiger partial charge in [0.25, 0.3) is 0 Å². The number of piperidine rings is 1. The Kier molecular flexibility index (Phi) is 4.29. The molecule has 3 rings (SSSR count). The molecule has 0 aromatic heterocycles. The van der Waals surface area contributed by atoms with Gasteiger partial charge in [0.05, 0.1) is 12.1 Å². The topological polar surface area (TPSA) is 32.3 Å².